The lowest BCUT2D eigenvalue weighted by Gasteiger charge is -2.11. The Labute approximate surface area is 130 Å². The summed E-state index contributed by atoms with van der Waals surface area (Å²) >= 11 is 13.5. The van der Waals surface area contributed by atoms with Crippen LogP contribution < -0.4 is 5.32 Å². The maximum Gasteiger partial charge on any atom is 0.138 e. The maximum absolute atomic E-state index is 6.06. The molecule has 2 aromatic heterocycles. The minimum atomic E-state index is 0.667. The predicted molar refractivity (Wildman–Crippen MR) is 83.0 cm³/mol. The number of nitrogens with one attached hydrogen (secondary N) is 1. The number of nitrogens with zero attached hydrogens (tertiary/aromatic N) is 3. The number of thiophene rings is 1. The monoisotopic (exact) mass is 324 g/mol. The summed E-state index contributed by atoms with van der Waals surface area (Å²) in [5.41, 5.74) is 1.79. The van der Waals surface area contributed by atoms with Crippen LogP contribution >= 0.6 is 34.5 Å². The van der Waals surface area contributed by atoms with Crippen LogP contribution in [0.15, 0.2) is 43.0 Å². The van der Waals surface area contributed by atoms with E-state index in [2.05, 4.69) is 15.4 Å². The molecule has 1 aromatic carbocycles. The standard InChI is InChI=1S/C13H10Cl2N4S/c14-9-1-3-12(19-8-16-7-18-19)11(5-9)17-6-10-2-4-13(15)20-10/h1-5,7-8,17H,6H2. The first-order valence-electron chi connectivity index (χ1n) is 5.85. The summed E-state index contributed by atoms with van der Waals surface area (Å²) in [6.07, 6.45) is 3.15. The van der Waals surface area contributed by atoms with Gasteiger partial charge in [-0.3, -0.25) is 0 Å². The van der Waals surface area contributed by atoms with Crippen LogP contribution in [0, 0.1) is 0 Å². The Hall–Kier alpha value is -1.56. The number of benzene rings is 1. The molecule has 0 amide bonds. The zero-order valence-electron chi connectivity index (χ0n) is 10.3. The Morgan fingerprint density at radius 2 is 2.10 bits per heavy atom. The summed E-state index contributed by atoms with van der Waals surface area (Å²) in [6.45, 7) is 0.680. The molecule has 0 fully saturated rings. The maximum atomic E-state index is 6.06. The number of hydrogen-bond acceptors (Lipinski definition) is 4. The van der Waals surface area contributed by atoms with Gasteiger partial charge in [0.05, 0.1) is 15.7 Å². The number of halogens is 2. The lowest BCUT2D eigenvalue weighted by molar-refractivity contribution is 0.878. The molecule has 0 aliphatic carbocycles. The number of aromatic nitrogens is 3. The van der Waals surface area contributed by atoms with Crippen molar-refractivity contribution >= 4 is 40.2 Å². The van der Waals surface area contributed by atoms with Gasteiger partial charge in [0.2, 0.25) is 0 Å². The first-order chi connectivity index (χ1) is 9.72. The van der Waals surface area contributed by atoms with E-state index in [4.69, 9.17) is 23.2 Å². The fourth-order valence-corrected chi connectivity index (χ4v) is 3.01. The Morgan fingerprint density at radius 3 is 2.80 bits per heavy atom. The van der Waals surface area contributed by atoms with Crippen LogP contribution in [0.4, 0.5) is 5.69 Å². The molecule has 0 aliphatic rings. The molecule has 2 heterocycles. The largest absolute Gasteiger partial charge is 0.378 e. The van der Waals surface area contributed by atoms with Gasteiger partial charge in [-0.1, -0.05) is 23.2 Å². The molecule has 7 heteroatoms. The van der Waals surface area contributed by atoms with E-state index in [1.165, 1.54) is 6.33 Å². The molecule has 102 valence electrons. The van der Waals surface area contributed by atoms with Crippen molar-refractivity contribution in [1.29, 1.82) is 0 Å². The average Bonchev–Trinajstić information content (AvgIpc) is 3.08. The van der Waals surface area contributed by atoms with E-state index < -0.39 is 0 Å². The third-order valence-corrected chi connectivity index (χ3v) is 4.17. The van der Waals surface area contributed by atoms with E-state index in [0.717, 1.165) is 20.6 Å². The lowest BCUT2D eigenvalue weighted by atomic mass is 10.2. The Balaban J connectivity index is 1.86. The molecule has 3 aromatic rings. The second-order valence-corrected chi connectivity index (χ2v) is 6.30. The molecule has 4 nitrogen and oxygen atoms in total. The van der Waals surface area contributed by atoms with Gasteiger partial charge in [0.1, 0.15) is 12.7 Å². The summed E-state index contributed by atoms with van der Waals surface area (Å²) < 4.78 is 2.48. The van der Waals surface area contributed by atoms with Crippen LogP contribution in [0.3, 0.4) is 0 Å². The predicted octanol–water partition coefficient (Wildman–Crippen LogP) is 4.25. The molecular formula is C13H10Cl2N4S. The van der Waals surface area contributed by atoms with Gasteiger partial charge in [-0.05, 0) is 30.3 Å². The van der Waals surface area contributed by atoms with Crippen LogP contribution in [-0.2, 0) is 6.54 Å². The third-order valence-electron chi connectivity index (χ3n) is 2.71. The second-order valence-electron chi connectivity index (χ2n) is 4.06. The molecule has 0 saturated heterocycles. The SMILES string of the molecule is Clc1ccc(-n2cncn2)c(NCc2ccc(Cl)s2)c1. The normalized spacial score (nSPS) is 10.7. The number of hydrogen-bond donors (Lipinski definition) is 1. The van der Waals surface area contributed by atoms with Crippen molar-refractivity contribution in [2.45, 2.75) is 6.54 Å². The Morgan fingerprint density at radius 1 is 1.20 bits per heavy atom. The minimum Gasteiger partial charge on any atom is -0.378 e. The highest BCUT2D eigenvalue weighted by Gasteiger charge is 2.07. The van der Waals surface area contributed by atoms with Crippen molar-refractivity contribution in [3.8, 4) is 5.69 Å². The molecule has 1 N–H and O–H groups in total. The third kappa shape index (κ3) is 2.95. The molecule has 0 radical (unpaired) electrons. The van der Waals surface area contributed by atoms with Gasteiger partial charge >= 0.3 is 0 Å². The lowest BCUT2D eigenvalue weighted by Crippen LogP contribution is -2.04. The Bertz CT molecular complexity index is 709. The van der Waals surface area contributed by atoms with Crippen LogP contribution in [0.2, 0.25) is 9.36 Å². The second kappa shape index (κ2) is 5.83. The molecule has 0 spiro atoms. The van der Waals surface area contributed by atoms with Gasteiger partial charge in [0.25, 0.3) is 0 Å². The zero-order valence-corrected chi connectivity index (χ0v) is 12.6. The van der Waals surface area contributed by atoms with Crippen LogP contribution in [0.25, 0.3) is 5.69 Å². The summed E-state index contributed by atoms with van der Waals surface area (Å²) in [7, 11) is 0. The molecule has 0 unspecified atom stereocenters. The Kier molecular flexibility index (Phi) is 3.91. The molecule has 0 saturated carbocycles. The summed E-state index contributed by atoms with van der Waals surface area (Å²) in [5, 5.41) is 8.16. The zero-order chi connectivity index (χ0) is 13.9. The van der Waals surface area contributed by atoms with E-state index in [-0.39, 0.29) is 0 Å². The van der Waals surface area contributed by atoms with E-state index >= 15 is 0 Å². The fourth-order valence-electron chi connectivity index (χ4n) is 1.81. The van der Waals surface area contributed by atoms with E-state index in [1.54, 1.807) is 22.3 Å². The van der Waals surface area contributed by atoms with Gasteiger partial charge in [-0.2, -0.15) is 5.10 Å². The highest BCUT2D eigenvalue weighted by molar-refractivity contribution is 7.16. The number of anilines is 1. The molecular weight excluding hydrogens is 315 g/mol. The van der Waals surface area contributed by atoms with Crippen molar-refractivity contribution in [2.75, 3.05) is 5.32 Å². The summed E-state index contributed by atoms with van der Waals surface area (Å²) in [6, 6.07) is 9.49. The van der Waals surface area contributed by atoms with Gasteiger partial charge in [-0.15, -0.1) is 11.3 Å². The highest BCUT2D eigenvalue weighted by Crippen LogP contribution is 2.26. The van der Waals surface area contributed by atoms with Gasteiger partial charge in [0.15, 0.2) is 0 Å². The average molecular weight is 325 g/mol. The van der Waals surface area contributed by atoms with Gasteiger partial charge < -0.3 is 5.32 Å². The van der Waals surface area contributed by atoms with E-state index in [0.29, 0.717) is 11.6 Å². The molecule has 20 heavy (non-hydrogen) atoms. The topological polar surface area (TPSA) is 42.7 Å². The van der Waals surface area contributed by atoms with Gasteiger partial charge in [-0.25, -0.2) is 9.67 Å². The molecule has 0 aliphatic heterocycles. The highest BCUT2D eigenvalue weighted by atomic mass is 35.5. The quantitative estimate of drug-likeness (QED) is 0.780. The van der Waals surface area contributed by atoms with Gasteiger partial charge in [0, 0.05) is 16.4 Å². The number of rotatable bonds is 4. The smallest absolute Gasteiger partial charge is 0.138 e. The van der Waals surface area contributed by atoms with Crippen molar-refractivity contribution in [2.24, 2.45) is 0 Å². The van der Waals surface area contributed by atoms with Crippen molar-refractivity contribution in [3.63, 3.8) is 0 Å². The minimum absolute atomic E-state index is 0.667. The van der Waals surface area contributed by atoms with Crippen LogP contribution in [0.1, 0.15) is 4.88 Å². The van der Waals surface area contributed by atoms with Crippen LogP contribution in [0.5, 0.6) is 0 Å². The summed E-state index contributed by atoms with van der Waals surface area (Å²) in [4.78, 5) is 5.11. The fraction of sp³-hybridized carbons (Fsp3) is 0.0769. The molecule has 0 atom stereocenters. The molecule has 3 rings (SSSR count). The van der Waals surface area contributed by atoms with Crippen LogP contribution in [-0.4, -0.2) is 14.8 Å². The van der Waals surface area contributed by atoms with Crippen molar-refractivity contribution in [1.82, 2.24) is 14.8 Å². The summed E-state index contributed by atoms with van der Waals surface area (Å²) in [5.74, 6) is 0. The van der Waals surface area contributed by atoms with Crippen molar-refractivity contribution < 1.29 is 0 Å². The van der Waals surface area contributed by atoms with Crippen molar-refractivity contribution in [3.05, 3.63) is 57.2 Å². The van der Waals surface area contributed by atoms with E-state index in [9.17, 15) is 0 Å². The van der Waals surface area contributed by atoms with E-state index in [1.807, 2.05) is 30.3 Å². The first kappa shape index (κ1) is 13.4. The first-order valence-corrected chi connectivity index (χ1v) is 7.42. The molecule has 0 bridgehead atoms.